The van der Waals surface area contributed by atoms with Crippen LogP contribution in [0.2, 0.25) is 0 Å². The van der Waals surface area contributed by atoms with Crippen LogP contribution in [0.15, 0.2) is 42.7 Å². The highest BCUT2D eigenvalue weighted by Crippen LogP contribution is 2.32. The van der Waals surface area contributed by atoms with Crippen molar-refractivity contribution in [3.63, 3.8) is 0 Å². The lowest BCUT2D eigenvalue weighted by Crippen LogP contribution is -1.96. The van der Waals surface area contributed by atoms with Crippen LogP contribution in [0.4, 0.5) is 0 Å². The summed E-state index contributed by atoms with van der Waals surface area (Å²) in [4.78, 5) is 4.22. The van der Waals surface area contributed by atoms with Gasteiger partial charge in [-0.1, -0.05) is 24.3 Å². The second-order valence-electron chi connectivity index (χ2n) is 4.17. The van der Waals surface area contributed by atoms with Gasteiger partial charge in [-0.3, -0.25) is 4.98 Å². The van der Waals surface area contributed by atoms with Crippen molar-refractivity contribution >= 4 is 28.0 Å². The van der Waals surface area contributed by atoms with Gasteiger partial charge in [0.05, 0.1) is 11.0 Å². The van der Waals surface area contributed by atoms with Gasteiger partial charge < -0.3 is 4.57 Å². The van der Waals surface area contributed by atoms with Gasteiger partial charge in [-0.2, -0.15) is 0 Å². The first-order valence-electron chi connectivity index (χ1n) is 5.47. The van der Waals surface area contributed by atoms with E-state index in [1.807, 2.05) is 12.4 Å². The van der Waals surface area contributed by atoms with E-state index >= 15 is 0 Å². The number of pyridine rings is 1. The first-order chi connectivity index (χ1) is 7.95. The Morgan fingerprint density at radius 3 is 3.12 bits per heavy atom. The van der Waals surface area contributed by atoms with Crippen LogP contribution in [-0.4, -0.2) is 9.55 Å². The van der Waals surface area contributed by atoms with Crippen LogP contribution >= 0.6 is 0 Å². The van der Waals surface area contributed by atoms with Crippen molar-refractivity contribution in [2.75, 3.05) is 0 Å². The number of allylic oxidation sites excluding steroid dienone is 1. The van der Waals surface area contributed by atoms with Crippen molar-refractivity contribution in [2.24, 2.45) is 0 Å². The average molecular weight is 206 g/mol. The number of para-hydroxylation sites is 1. The molecular weight excluding hydrogens is 196 g/mol. The zero-order valence-corrected chi connectivity index (χ0v) is 8.72. The van der Waals surface area contributed by atoms with Gasteiger partial charge in [0.15, 0.2) is 0 Å². The molecule has 1 aliphatic rings. The van der Waals surface area contributed by atoms with Crippen molar-refractivity contribution in [3.05, 3.63) is 48.3 Å². The monoisotopic (exact) mass is 206 g/mol. The van der Waals surface area contributed by atoms with Gasteiger partial charge in [0.1, 0.15) is 0 Å². The standard InChI is InChI=1S/C14H10N2/c1-3-10-4-2-8-16-13-6-7-15-9-12(13)11(5-1)14(10)16/h1-3,5-9H,4H2. The molecule has 2 aromatic heterocycles. The largest absolute Gasteiger partial charge is 0.316 e. The van der Waals surface area contributed by atoms with Crippen molar-refractivity contribution in [1.29, 1.82) is 0 Å². The Balaban J connectivity index is 2.40. The minimum Gasteiger partial charge on any atom is -0.316 e. The van der Waals surface area contributed by atoms with Crippen LogP contribution < -0.4 is 0 Å². The molecule has 0 fully saturated rings. The van der Waals surface area contributed by atoms with E-state index in [2.05, 4.69) is 46.1 Å². The molecule has 0 radical (unpaired) electrons. The molecule has 0 amide bonds. The first-order valence-corrected chi connectivity index (χ1v) is 5.47. The fourth-order valence-electron chi connectivity index (χ4n) is 2.62. The van der Waals surface area contributed by atoms with E-state index in [1.54, 1.807) is 0 Å². The summed E-state index contributed by atoms with van der Waals surface area (Å²) in [6.45, 7) is 0. The Bertz CT molecular complexity index is 735. The van der Waals surface area contributed by atoms with Gasteiger partial charge in [0, 0.05) is 29.4 Å². The molecule has 3 heterocycles. The van der Waals surface area contributed by atoms with Crippen molar-refractivity contribution in [2.45, 2.75) is 6.42 Å². The SMILES string of the molecule is C1=Cn2c3ccncc3c3cccc(c32)C1. The summed E-state index contributed by atoms with van der Waals surface area (Å²) < 4.78 is 2.27. The summed E-state index contributed by atoms with van der Waals surface area (Å²) >= 11 is 0. The van der Waals surface area contributed by atoms with E-state index in [0.717, 1.165) is 6.42 Å². The number of fused-ring (bicyclic) bond motifs is 3. The Labute approximate surface area is 92.8 Å². The lowest BCUT2D eigenvalue weighted by Gasteiger charge is -2.09. The number of benzene rings is 1. The molecule has 1 aliphatic heterocycles. The molecule has 1 aromatic carbocycles. The molecule has 2 heteroatoms. The maximum Gasteiger partial charge on any atom is 0.0570 e. The topological polar surface area (TPSA) is 17.8 Å². The summed E-state index contributed by atoms with van der Waals surface area (Å²) in [5, 5.41) is 2.55. The third-order valence-electron chi connectivity index (χ3n) is 3.30. The molecule has 0 N–H and O–H groups in total. The molecule has 16 heavy (non-hydrogen) atoms. The zero-order chi connectivity index (χ0) is 10.5. The van der Waals surface area contributed by atoms with Gasteiger partial charge >= 0.3 is 0 Å². The number of rotatable bonds is 0. The molecule has 4 rings (SSSR count). The molecular formula is C14H10N2. The maximum atomic E-state index is 4.22. The maximum absolute atomic E-state index is 4.22. The normalized spacial score (nSPS) is 13.8. The smallest absolute Gasteiger partial charge is 0.0570 e. The number of hydrogen-bond donors (Lipinski definition) is 0. The van der Waals surface area contributed by atoms with E-state index < -0.39 is 0 Å². The second-order valence-corrected chi connectivity index (χ2v) is 4.17. The van der Waals surface area contributed by atoms with Gasteiger partial charge in [-0.25, -0.2) is 0 Å². The van der Waals surface area contributed by atoms with Gasteiger partial charge in [-0.15, -0.1) is 0 Å². The van der Waals surface area contributed by atoms with Gasteiger partial charge in [0.25, 0.3) is 0 Å². The highest BCUT2D eigenvalue weighted by molar-refractivity contribution is 6.10. The van der Waals surface area contributed by atoms with Crippen LogP contribution in [0, 0.1) is 0 Å². The Kier molecular flexibility index (Phi) is 1.38. The summed E-state index contributed by atoms with van der Waals surface area (Å²) in [5.41, 5.74) is 3.98. The van der Waals surface area contributed by atoms with E-state index in [9.17, 15) is 0 Å². The highest BCUT2D eigenvalue weighted by atomic mass is 15.0. The summed E-state index contributed by atoms with van der Waals surface area (Å²) in [6.07, 6.45) is 9.21. The van der Waals surface area contributed by atoms with Gasteiger partial charge in [-0.05, 0) is 18.1 Å². The highest BCUT2D eigenvalue weighted by Gasteiger charge is 2.13. The van der Waals surface area contributed by atoms with Gasteiger partial charge in [0.2, 0.25) is 0 Å². The van der Waals surface area contributed by atoms with Crippen LogP contribution in [0.3, 0.4) is 0 Å². The van der Waals surface area contributed by atoms with Crippen molar-refractivity contribution in [1.82, 2.24) is 9.55 Å². The Morgan fingerprint density at radius 2 is 2.12 bits per heavy atom. The van der Waals surface area contributed by atoms with E-state index in [0.29, 0.717) is 0 Å². The Morgan fingerprint density at radius 1 is 1.12 bits per heavy atom. The van der Waals surface area contributed by atoms with E-state index in [-0.39, 0.29) is 0 Å². The molecule has 76 valence electrons. The quantitative estimate of drug-likeness (QED) is 0.552. The molecule has 0 saturated carbocycles. The third kappa shape index (κ3) is 0.847. The molecule has 0 aliphatic carbocycles. The third-order valence-corrected chi connectivity index (χ3v) is 3.30. The van der Waals surface area contributed by atoms with Crippen molar-refractivity contribution in [3.8, 4) is 0 Å². The minimum absolute atomic E-state index is 1.03. The van der Waals surface area contributed by atoms with E-state index in [1.165, 1.54) is 27.4 Å². The fraction of sp³-hybridized carbons (Fsp3) is 0.0714. The van der Waals surface area contributed by atoms with E-state index in [4.69, 9.17) is 0 Å². The predicted octanol–water partition coefficient (Wildman–Crippen LogP) is 3.22. The summed E-state index contributed by atoms with van der Waals surface area (Å²) in [5.74, 6) is 0. The molecule has 0 saturated heterocycles. The lowest BCUT2D eigenvalue weighted by atomic mass is 10.1. The van der Waals surface area contributed by atoms with Crippen molar-refractivity contribution < 1.29 is 0 Å². The van der Waals surface area contributed by atoms with Crippen LogP contribution in [-0.2, 0) is 6.42 Å². The lowest BCUT2D eigenvalue weighted by molar-refractivity contribution is 1.16. The summed E-state index contributed by atoms with van der Waals surface area (Å²) in [6, 6.07) is 8.59. The molecule has 0 bridgehead atoms. The molecule has 3 aromatic rings. The number of aromatic nitrogens is 2. The number of nitrogens with zero attached hydrogens (tertiary/aromatic N) is 2. The molecule has 2 nitrogen and oxygen atoms in total. The average Bonchev–Trinajstić information content (AvgIpc) is 2.68. The zero-order valence-electron chi connectivity index (χ0n) is 8.72. The number of hydrogen-bond acceptors (Lipinski definition) is 1. The predicted molar refractivity (Wildman–Crippen MR) is 66.3 cm³/mol. The second kappa shape index (κ2) is 2.73. The fourth-order valence-corrected chi connectivity index (χ4v) is 2.62. The Hall–Kier alpha value is -2.09. The first kappa shape index (κ1) is 8.11. The minimum atomic E-state index is 1.03. The molecule has 0 spiro atoms. The molecule has 0 atom stereocenters. The molecule has 0 unspecified atom stereocenters. The summed E-state index contributed by atoms with van der Waals surface area (Å²) in [7, 11) is 0. The van der Waals surface area contributed by atoms with Crippen LogP contribution in [0.5, 0.6) is 0 Å². The van der Waals surface area contributed by atoms with Crippen LogP contribution in [0.25, 0.3) is 28.0 Å². The van der Waals surface area contributed by atoms with Crippen LogP contribution in [0.1, 0.15) is 5.56 Å².